The third kappa shape index (κ3) is 2.92. The smallest absolute Gasteiger partial charge is 0.326 e. The van der Waals surface area contributed by atoms with Gasteiger partial charge in [-0.2, -0.15) is 0 Å². The number of carboxylic acid groups (broad SMARTS) is 1. The Hall–Kier alpha value is -1.63. The molecule has 2 atom stereocenters. The summed E-state index contributed by atoms with van der Waals surface area (Å²) in [5.74, 6) is -1.54. The van der Waals surface area contributed by atoms with E-state index in [1.807, 2.05) is 0 Å². The summed E-state index contributed by atoms with van der Waals surface area (Å²) in [6, 6.07) is -0.927. The predicted molar refractivity (Wildman–Crippen MR) is 68.7 cm³/mol. The maximum atomic E-state index is 12.4. The van der Waals surface area contributed by atoms with Gasteiger partial charge in [0.05, 0.1) is 6.10 Å². The van der Waals surface area contributed by atoms with Gasteiger partial charge < -0.3 is 20.0 Å². The molecular formula is C13H20N2O5. The summed E-state index contributed by atoms with van der Waals surface area (Å²) in [7, 11) is 0. The fourth-order valence-electron chi connectivity index (χ4n) is 2.97. The summed E-state index contributed by atoms with van der Waals surface area (Å²) >= 11 is 0. The molecule has 2 amide bonds. The van der Waals surface area contributed by atoms with Gasteiger partial charge in [0.15, 0.2) is 0 Å². The number of piperidine rings is 1. The molecule has 0 aromatic rings. The standard InChI is InChI=1S/C13H20N2O5/c1-8(16)14-4-2-9(3-5-14)12(18)15-7-10(17)6-11(15)13(19)20/h9-11,17H,2-7H2,1H3,(H,19,20). The zero-order valence-electron chi connectivity index (χ0n) is 11.5. The van der Waals surface area contributed by atoms with Crippen LogP contribution in [0.4, 0.5) is 0 Å². The molecule has 0 radical (unpaired) electrons. The second-order valence-electron chi connectivity index (χ2n) is 5.51. The van der Waals surface area contributed by atoms with Gasteiger partial charge >= 0.3 is 5.97 Å². The van der Waals surface area contributed by atoms with Gasteiger partial charge in [-0.05, 0) is 12.8 Å². The van der Waals surface area contributed by atoms with Gasteiger partial charge in [0.25, 0.3) is 0 Å². The molecule has 2 N–H and O–H groups in total. The van der Waals surface area contributed by atoms with Crippen LogP contribution in [-0.4, -0.2) is 69.6 Å². The van der Waals surface area contributed by atoms with Crippen molar-refractivity contribution in [3.63, 3.8) is 0 Å². The first-order chi connectivity index (χ1) is 9.40. The third-order valence-electron chi connectivity index (χ3n) is 4.14. The molecule has 20 heavy (non-hydrogen) atoms. The van der Waals surface area contributed by atoms with Gasteiger partial charge in [-0.3, -0.25) is 9.59 Å². The average molecular weight is 284 g/mol. The number of β-amino-alcohol motifs (C(OH)–C–C–N with tert-alkyl or cyclic N) is 1. The van der Waals surface area contributed by atoms with Crippen molar-refractivity contribution >= 4 is 17.8 Å². The molecule has 2 aliphatic rings. The summed E-state index contributed by atoms with van der Waals surface area (Å²) in [6.07, 6.45) is 0.430. The van der Waals surface area contributed by atoms with Crippen molar-refractivity contribution in [3.8, 4) is 0 Å². The molecule has 0 aliphatic carbocycles. The van der Waals surface area contributed by atoms with E-state index in [4.69, 9.17) is 5.11 Å². The lowest BCUT2D eigenvalue weighted by Crippen LogP contribution is -2.47. The van der Waals surface area contributed by atoms with Crippen LogP contribution in [-0.2, 0) is 14.4 Å². The van der Waals surface area contributed by atoms with E-state index in [2.05, 4.69) is 0 Å². The molecule has 2 fully saturated rings. The van der Waals surface area contributed by atoms with Crippen molar-refractivity contribution < 1.29 is 24.6 Å². The topological polar surface area (TPSA) is 98.2 Å². The molecule has 7 heteroatoms. The molecule has 0 saturated carbocycles. The Morgan fingerprint density at radius 1 is 1.15 bits per heavy atom. The largest absolute Gasteiger partial charge is 0.480 e. The summed E-state index contributed by atoms with van der Waals surface area (Å²) in [5.41, 5.74) is 0. The number of likely N-dealkylation sites (tertiary alicyclic amines) is 2. The fourth-order valence-corrected chi connectivity index (χ4v) is 2.97. The van der Waals surface area contributed by atoms with Crippen molar-refractivity contribution in [3.05, 3.63) is 0 Å². The lowest BCUT2D eigenvalue weighted by Gasteiger charge is -2.33. The number of carbonyl (C=O) groups is 3. The van der Waals surface area contributed by atoms with E-state index < -0.39 is 18.1 Å². The van der Waals surface area contributed by atoms with E-state index in [1.54, 1.807) is 4.90 Å². The monoisotopic (exact) mass is 284 g/mol. The molecule has 7 nitrogen and oxygen atoms in total. The number of aliphatic hydroxyl groups is 1. The van der Waals surface area contributed by atoms with Gasteiger partial charge in [-0.1, -0.05) is 0 Å². The highest BCUT2D eigenvalue weighted by atomic mass is 16.4. The van der Waals surface area contributed by atoms with Gasteiger partial charge in [-0.25, -0.2) is 4.79 Å². The van der Waals surface area contributed by atoms with E-state index in [0.29, 0.717) is 25.9 Å². The van der Waals surface area contributed by atoms with Crippen LogP contribution >= 0.6 is 0 Å². The van der Waals surface area contributed by atoms with Crippen molar-refractivity contribution in [1.82, 2.24) is 9.80 Å². The molecule has 0 bridgehead atoms. The Balaban J connectivity index is 1.98. The number of rotatable bonds is 2. The van der Waals surface area contributed by atoms with Crippen LogP contribution in [0.3, 0.4) is 0 Å². The molecule has 2 saturated heterocycles. The van der Waals surface area contributed by atoms with Crippen LogP contribution in [0.25, 0.3) is 0 Å². The average Bonchev–Trinajstić information content (AvgIpc) is 2.80. The normalized spacial score (nSPS) is 27.7. The van der Waals surface area contributed by atoms with Crippen molar-refractivity contribution in [2.75, 3.05) is 19.6 Å². The van der Waals surface area contributed by atoms with Gasteiger partial charge in [-0.15, -0.1) is 0 Å². The highest BCUT2D eigenvalue weighted by molar-refractivity contribution is 5.86. The van der Waals surface area contributed by atoms with E-state index >= 15 is 0 Å². The Morgan fingerprint density at radius 3 is 2.25 bits per heavy atom. The molecule has 2 heterocycles. The molecule has 0 aromatic heterocycles. The van der Waals surface area contributed by atoms with Crippen LogP contribution < -0.4 is 0 Å². The van der Waals surface area contributed by atoms with Crippen LogP contribution in [0.5, 0.6) is 0 Å². The Labute approximate surface area is 117 Å². The summed E-state index contributed by atoms with van der Waals surface area (Å²) in [6.45, 7) is 2.64. The second kappa shape index (κ2) is 5.78. The number of amides is 2. The highest BCUT2D eigenvalue weighted by Gasteiger charge is 2.41. The molecule has 0 spiro atoms. The molecule has 2 unspecified atom stereocenters. The van der Waals surface area contributed by atoms with Crippen LogP contribution in [0, 0.1) is 5.92 Å². The first-order valence-electron chi connectivity index (χ1n) is 6.87. The number of hydrogen-bond donors (Lipinski definition) is 2. The summed E-state index contributed by atoms with van der Waals surface area (Å²) in [4.78, 5) is 37.7. The van der Waals surface area contributed by atoms with E-state index in [-0.39, 0.29) is 30.7 Å². The van der Waals surface area contributed by atoms with Crippen molar-refractivity contribution in [2.24, 2.45) is 5.92 Å². The highest BCUT2D eigenvalue weighted by Crippen LogP contribution is 2.25. The molecule has 2 aliphatic heterocycles. The maximum Gasteiger partial charge on any atom is 0.326 e. The van der Waals surface area contributed by atoms with Gasteiger partial charge in [0, 0.05) is 38.9 Å². The van der Waals surface area contributed by atoms with Gasteiger partial charge in [0.1, 0.15) is 6.04 Å². The van der Waals surface area contributed by atoms with Crippen LogP contribution in [0.15, 0.2) is 0 Å². The van der Waals surface area contributed by atoms with Crippen molar-refractivity contribution in [2.45, 2.75) is 38.3 Å². The minimum Gasteiger partial charge on any atom is -0.480 e. The third-order valence-corrected chi connectivity index (χ3v) is 4.14. The van der Waals surface area contributed by atoms with Crippen molar-refractivity contribution in [1.29, 1.82) is 0 Å². The number of carboxylic acids is 1. The number of aliphatic hydroxyl groups excluding tert-OH is 1. The van der Waals surface area contributed by atoms with E-state index in [0.717, 1.165) is 0 Å². The quantitative estimate of drug-likeness (QED) is 0.698. The maximum absolute atomic E-state index is 12.4. The number of hydrogen-bond acceptors (Lipinski definition) is 4. The minimum atomic E-state index is -1.07. The predicted octanol–water partition coefficient (Wildman–Crippen LogP) is -0.709. The zero-order valence-corrected chi connectivity index (χ0v) is 11.5. The first kappa shape index (κ1) is 14.8. The molecule has 0 aromatic carbocycles. The molecule has 112 valence electrons. The Bertz CT molecular complexity index is 417. The number of carbonyl (C=O) groups excluding carboxylic acids is 2. The number of aliphatic carboxylic acids is 1. The van der Waals surface area contributed by atoms with Crippen LogP contribution in [0.1, 0.15) is 26.2 Å². The fraction of sp³-hybridized carbons (Fsp3) is 0.769. The van der Waals surface area contributed by atoms with Gasteiger partial charge in [0.2, 0.25) is 11.8 Å². The van der Waals surface area contributed by atoms with Crippen LogP contribution in [0.2, 0.25) is 0 Å². The molecular weight excluding hydrogens is 264 g/mol. The lowest BCUT2D eigenvalue weighted by molar-refractivity contribution is -0.151. The zero-order chi connectivity index (χ0) is 14.9. The Morgan fingerprint density at radius 2 is 1.75 bits per heavy atom. The Kier molecular flexibility index (Phi) is 4.27. The summed E-state index contributed by atoms with van der Waals surface area (Å²) < 4.78 is 0. The van der Waals surface area contributed by atoms with E-state index in [1.165, 1.54) is 11.8 Å². The minimum absolute atomic E-state index is 0.00379. The first-order valence-corrected chi connectivity index (χ1v) is 6.87. The number of nitrogens with zero attached hydrogens (tertiary/aromatic N) is 2. The second-order valence-corrected chi connectivity index (χ2v) is 5.51. The lowest BCUT2D eigenvalue weighted by atomic mass is 9.95. The van der Waals surface area contributed by atoms with E-state index in [9.17, 15) is 19.5 Å². The SMILES string of the molecule is CC(=O)N1CCC(C(=O)N2CC(O)CC2C(=O)O)CC1. The summed E-state index contributed by atoms with van der Waals surface area (Å²) in [5, 5.41) is 18.7. The molecule has 2 rings (SSSR count).